The highest BCUT2D eigenvalue weighted by Crippen LogP contribution is 2.41. The highest BCUT2D eigenvalue weighted by molar-refractivity contribution is 6.04. The van der Waals surface area contributed by atoms with Crippen LogP contribution in [0.1, 0.15) is 27.7 Å². The van der Waals surface area contributed by atoms with Crippen LogP contribution in [0.15, 0.2) is 91.1 Å². The molecule has 0 fully saturated rings. The molecule has 0 heterocycles. The summed E-state index contributed by atoms with van der Waals surface area (Å²) < 4.78 is 36.5. The van der Waals surface area contributed by atoms with Gasteiger partial charge in [0.1, 0.15) is 17.2 Å². The van der Waals surface area contributed by atoms with E-state index in [0.29, 0.717) is 10.9 Å². The van der Waals surface area contributed by atoms with Gasteiger partial charge in [0.25, 0.3) is 0 Å². The summed E-state index contributed by atoms with van der Waals surface area (Å²) in [5.41, 5.74) is 0.975. The maximum Gasteiger partial charge on any atom is 0.338 e. The van der Waals surface area contributed by atoms with Gasteiger partial charge in [-0.1, -0.05) is 32.4 Å². The summed E-state index contributed by atoms with van der Waals surface area (Å²) in [6, 6.07) is 9.48. The SMILES string of the molecule is C=C(C)C(=O)Oc1cc(-c2ccc(OC(=O)C(=C)C)c(F)c2)c2cc(OC(=O)C(=C)C)cc(OC(=O)C(=C)C)c2c1. The molecule has 0 aliphatic heterocycles. The van der Waals surface area contributed by atoms with E-state index in [1.807, 2.05) is 0 Å². The van der Waals surface area contributed by atoms with Crippen LogP contribution < -0.4 is 18.9 Å². The largest absolute Gasteiger partial charge is 0.423 e. The first-order valence-corrected chi connectivity index (χ1v) is 12.1. The Bertz CT molecular complexity index is 1680. The van der Waals surface area contributed by atoms with E-state index < -0.39 is 29.7 Å². The van der Waals surface area contributed by atoms with E-state index in [1.54, 1.807) is 0 Å². The Hall–Kier alpha value is -5.31. The number of carbonyl (C=O) groups excluding carboxylic acids is 4. The highest BCUT2D eigenvalue weighted by atomic mass is 19.1. The van der Waals surface area contributed by atoms with E-state index in [4.69, 9.17) is 18.9 Å². The summed E-state index contributed by atoms with van der Waals surface area (Å²) >= 11 is 0. The molecule has 210 valence electrons. The zero-order chi connectivity index (χ0) is 30.6. The minimum absolute atomic E-state index is 0.00423. The average molecular weight is 559 g/mol. The molecule has 3 rings (SSSR count). The number of rotatable bonds is 9. The zero-order valence-electron chi connectivity index (χ0n) is 23.0. The Morgan fingerprint density at radius 2 is 1.00 bits per heavy atom. The number of ether oxygens (including phenoxy) is 4. The second-order valence-corrected chi connectivity index (χ2v) is 9.31. The van der Waals surface area contributed by atoms with Crippen LogP contribution in [0.5, 0.6) is 23.0 Å². The van der Waals surface area contributed by atoms with Gasteiger partial charge in [-0.15, -0.1) is 0 Å². The lowest BCUT2D eigenvalue weighted by Crippen LogP contribution is -2.11. The van der Waals surface area contributed by atoms with Crippen molar-refractivity contribution < 1.29 is 42.5 Å². The first kappa shape index (κ1) is 30.2. The Balaban J connectivity index is 2.33. The molecule has 0 amide bonds. The van der Waals surface area contributed by atoms with Crippen LogP contribution in [0.3, 0.4) is 0 Å². The molecule has 8 nitrogen and oxygen atoms in total. The molecule has 0 aliphatic carbocycles. The molecule has 0 aromatic heterocycles. The van der Waals surface area contributed by atoms with Crippen LogP contribution in [-0.2, 0) is 19.2 Å². The molecule has 0 unspecified atom stereocenters. The van der Waals surface area contributed by atoms with Gasteiger partial charge in [0, 0.05) is 33.7 Å². The summed E-state index contributed by atoms with van der Waals surface area (Å²) in [7, 11) is 0. The summed E-state index contributed by atoms with van der Waals surface area (Å²) in [6.45, 7) is 20.0. The van der Waals surface area contributed by atoms with E-state index in [1.165, 1.54) is 64.1 Å². The van der Waals surface area contributed by atoms with E-state index in [-0.39, 0.29) is 56.2 Å². The average Bonchev–Trinajstić information content (AvgIpc) is 2.89. The Kier molecular flexibility index (Phi) is 9.03. The molecule has 3 aromatic carbocycles. The lowest BCUT2D eigenvalue weighted by atomic mass is 9.96. The third-order valence-corrected chi connectivity index (χ3v) is 5.44. The first-order chi connectivity index (χ1) is 19.2. The first-order valence-electron chi connectivity index (χ1n) is 12.1. The van der Waals surface area contributed by atoms with Crippen LogP contribution in [0.4, 0.5) is 4.39 Å². The maximum absolute atomic E-state index is 15.1. The molecule has 41 heavy (non-hydrogen) atoms. The van der Waals surface area contributed by atoms with Crippen LogP contribution in [0.25, 0.3) is 21.9 Å². The number of fused-ring (bicyclic) bond motifs is 1. The van der Waals surface area contributed by atoms with Crippen LogP contribution in [0.2, 0.25) is 0 Å². The fraction of sp³-hybridized carbons (Fsp3) is 0.125. The summed E-state index contributed by atoms with van der Waals surface area (Å²) in [5.74, 6) is -4.26. The summed E-state index contributed by atoms with van der Waals surface area (Å²) in [4.78, 5) is 49.0. The molecule has 9 heteroatoms. The smallest absolute Gasteiger partial charge is 0.338 e. The van der Waals surface area contributed by atoms with Gasteiger partial charge < -0.3 is 18.9 Å². The predicted octanol–water partition coefficient (Wildman–Crippen LogP) is 6.57. The third kappa shape index (κ3) is 7.21. The van der Waals surface area contributed by atoms with Gasteiger partial charge in [0.15, 0.2) is 11.6 Å². The van der Waals surface area contributed by atoms with Gasteiger partial charge >= 0.3 is 23.9 Å². The topological polar surface area (TPSA) is 105 Å². The number of benzene rings is 3. The second kappa shape index (κ2) is 12.3. The molecule has 0 N–H and O–H groups in total. The summed E-state index contributed by atoms with van der Waals surface area (Å²) in [5, 5.41) is 0.595. The minimum atomic E-state index is -0.867. The van der Waals surface area contributed by atoms with Gasteiger partial charge in [-0.3, -0.25) is 0 Å². The molecule has 0 bridgehead atoms. The zero-order valence-corrected chi connectivity index (χ0v) is 23.0. The van der Waals surface area contributed by atoms with Gasteiger partial charge in [-0.2, -0.15) is 0 Å². The predicted molar refractivity (Wildman–Crippen MR) is 151 cm³/mol. The molecule has 0 aliphatic rings. The number of hydrogen-bond acceptors (Lipinski definition) is 8. The number of hydrogen-bond donors (Lipinski definition) is 0. The standard InChI is InChI=1S/C32H27FO8/c1-16(2)29(34)38-21-12-23(20-9-10-27(26(33)11-20)40-31(36)18(5)6)24-13-22(39-30(35)17(3)4)15-28(25(24)14-21)41-32(37)19(7)8/h9-15H,1,3,5,7H2,2,4,6,8H3. The monoisotopic (exact) mass is 558 g/mol. The van der Waals surface area contributed by atoms with Crippen molar-refractivity contribution in [1.82, 2.24) is 0 Å². The van der Waals surface area contributed by atoms with Crippen LogP contribution >= 0.6 is 0 Å². The van der Waals surface area contributed by atoms with Crippen LogP contribution in [0, 0.1) is 5.82 Å². The minimum Gasteiger partial charge on any atom is -0.423 e. The van der Waals surface area contributed by atoms with Crippen molar-refractivity contribution in [3.63, 3.8) is 0 Å². The van der Waals surface area contributed by atoms with E-state index in [9.17, 15) is 19.2 Å². The lowest BCUT2D eigenvalue weighted by Gasteiger charge is -2.16. The molecule has 0 atom stereocenters. The van der Waals surface area contributed by atoms with Gasteiger partial charge in [-0.25, -0.2) is 23.6 Å². The fourth-order valence-corrected chi connectivity index (χ4v) is 3.33. The van der Waals surface area contributed by atoms with Crippen molar-refractivity contribution in [2.45, 2.75) is 27.7 Å². The van der Waals surface area contributed by atoms with Gasteiger partial charge in [0.05, 0.1) is 0 Å². The normalized spacial score (nSPS) is 10.4. The second-order valence-electron chi connectivity index (χ2n) is 9.31. The fourth-order valence-electron chi connectivity index (χ4n) is 3.33. The van der Waals surface area contributed by atoms with E-state index in [2.05, 4.69) is 26.3 Å². The van der Waals surface area contributed by atoms with Crippen molar-refractivity contribution in [2.24, 2.45) is 0 Å². The number of esters is 4. The van der Waals surface area contributed by atoms with E-state index >= 15 is 4.39 Å². The van der Waals surface area contributed by atoms with E-state index in [0.717, 1.165) is 6.07 Å². The molecule has 0 saturated carbocycles. The van der Waals surface area contributed by atoms with Crippen LogP contribution in [-0.4, -0.2) is 23.9 Å². The van der Waals surface area contributed by atoms with Crippen molar-refractivity contribution in [3.05, 3.63) is 96.9 Å². The molecule has 3 aromatic rings. The Morgan fingerprint density at radius 3 is 1.49 bits per heavy atom. The molecule has 0 spiro atoms. The third-order valence-electron chi connectivity index (χ3n) is 5.44. The van der Waals surface area contributed by atoms with Gasteiger partial charge in [0.2, 0.25) is 0 Å². The number of carbonyl (C=O) groups is 4. The lowest BCUT2D eigenvalue weighted by molar-refractivity contribution is -0.131. The summed E-state index contributed by atoms with van der Waals surface area (Å²) in [6.07, 6.45) is 0. The molecular formula is C32H27FO8. The van der Waals surface area contributed by atoms with Gasteiger partial charge in [-0.05, 0) is 74.5 Å². The van der Waals surface area contributed by atoms with Crippen molar-refractivity contribution in [1.29, 1.82) is 0 Å². The number of halogens is 1. The highest BCUT2D eigenvalue weighted by Gasteiger charge is 2.20. The molecule has 0 radical (unpaired) electrons. The molecular weight excluding hydrogens is 531 g/mol. The van der Waals surface area contributed by atoms with Crippen molar-refractivity contribution >= 4 is 34.6 Å². The Morgan fingerprint density at radius 1 is 0.561 bits per heavy atom. The maximum atomic E-state index is 15.1. The molecule has 0 saturated heterocycles. The van der Waals surface area contributed by atoms with Crippen molar-refractivity contribution in [2.75, 3.05) is 0 Å². The quantitative estimate of drug-likeness (QED) is 0.165. The van der Waals surface area contributed by atoms with Crippen molar-refractivity contribution in [3.8, 4) is 34.1 Å². The Labute approximate surface area is 236 Å².